The SMILES string of the molecule is BrCC1COCCN1C1CC2CCC1C2. The Morgan fingerprint density at radius 3 is 2.87 bits per heavy atom. The van der Waals surface area contributed by atoms with Crippen molar-refractivity contribution in [3.8, 4) is 0 Å². The Labute approximate surface area is 100 Å². The zero-order valence-electron chi connectivity index (χ0n) is 9.20. The van der Waals surface area contributed by atoms with Crippen molar-refractivity contribution in [2.45, 2.75) is 37.8 Å². The van der Waals surface area contributed by atoms with E-state index >= 15 is 0 Å². The highest BCUT2D eigenvalue weighted by Crippen LogP contribution is 2.47. The summed E-state index contributed by atoms with van der Waals surface area (Å²) in [5, 5.41) is 1.07. The molecule has 1 saturated heterocycles. The third-order valence-corrected chi connectivity index (χ3v) is 5.33. The monoisotopic (exact) mass is 273 g/mol. The Morgan fingerprint density at radius 1 is 1.27 bits per heavy atom. The van der Waals surface area contributed by atoms with Gasteiger partial charge in [0, 0.05) is 24.0 Å². The van der Waals surface area contributed by atoms with Gasteiger partial charge in [-0.2, -0.15) is 0 Å². The lowest BCUT2D eigenvalue weighted by Gasteiger charge is -2.42. The van der Waals surface area contributed by atoms with Gasteiger partial charge < -0.3 is 4.74 Å². The summed E-state index contributed by atoms with van der Waals surface area (Å²) in [4.78, 5) is 2.74. The summed E-state index contributed by atoms with van der Waals surface area (Å²) in [7, 11) is 0. The lowest BCUT2D eigenvalue weighted by Crippen LogP contribution is -2.53. The van der Waals surface area contributed by atoms with Gasteiger partial charge in [0.25, 0.3) is 0 Å². The second-order valence-electron chi connectivity index (χ2n) is 5.36. The molecule has 15 heavy (non-hydrogen) atoms. The molecular formula is C12H20BrNO. The molecule has 4 atom stereocenters. The number of morpholine rings is 1. The fraction of sp³-hybridized carbons (Fsp3) is 1.00. The summed E-state index contributed by atoms with van der Waals surface area (Å²) in [5.41, 5.74) is 0. The molecule has 0 spiro atoms. The van der Waals surface area contributed by atoms with Crippen LogP contribution >= 0.6 is 15.9 Å². The van der Waals surface area contributed by atoms with E-state index in [0.717, 1.165) is 43.0 Å². The first kappa shape index (κ1) is 10.5. The predicted molar refractivity (Wildman–Crippen MR) is 64.3 cm³/mol. The van der Waals surface area contributed by atoms with Crippen molar-refractivity contribution < 1.29 is 4.74 Å². The highest BCUT2D eigenvalue weighted by atomic mass is 79.9. The van der Waals surface area contributed by atoms with Crippen LogP contribution in [-0.4, -0.2) is 42.1 Å². The van der Waals surface area contributed by atoms with E-state index in [9.17, 15) is 0 Å². The second-order valence-corrected chi connectivity index (χ2v) is 6.01. The number of nitrogens with zero attached hydrogens (tertiary/aromatic N) is 1. The van der Waals surface area contributed by atoms with Crippen molar-refractivity contribution in [2.75, 3.05) is 25.1 Å². The van der Waals surface area contributed by atoms with Gasteiger partial charge in [0.1, 0.15) is 0 Å². The fourth-order valence-corrected chi connectivity index (χ4v) is 4.41. The maximum absolute atomic E-state index is 5.57. The Balaban J connectivity index is 1.69. The van der Waals surface area contributed by atoms with Crippen LogP contribution in [0, 0.1) is 11.8 Å². The maximum Gasteiger partial charge on any atom is 0.0630 e. The first-order chi connectivity index (χ1) is 7.38. The number of hydrogen-bond acceptors (Lipinski definition) is 2. The summed E-state index contributed by atoms with van der Waals surface area (Å²) in [6.07, 6.45) is 5.97. The maximum atomic E-state index is 5.57. The zero-order valence-corrected chi connectivity index (χ0v) is 10.8. The molecule has 3 rings (SSSR count). The Morgan fingerprint density at radius 2 is 2.20 bits per heavy atom. The highest BCUT2D eigenvalue weighted by Gasteiger charge is 2.44. The van der Waals surface area contributed by atoms with Crippen molar-refractivity contribution in [2.24, 2.45) is 11.8 Å². The third kappa shape index (κ3) is 1.87. The lowest BCUT2D eigenvalue weighted by molar-refractivity contribution is -0.0311. The average Bonchev–Trinajstić information content (AvgIpc) is 2.90. The van der Waals surface area contributed by atoms with E-state index in [2.05, 4.69) is 20.8 Å². The molecule has 0 radical (unpaired) electrons. The Kier molecular flexibility index (Phi) is 3.05. The van der Waals surface area contributed by atoms with Crippen molar-refractivity contribution in [3.05, 3.63) is 0 Å². The molecule has 1 aliphatic heterocycles. The molecule has 2 nitrogen and oxygen atoms in total. The molecule has 0 aromatic rings. The van der Waals surface area contributed by atoms with Gasteiger partial charge in [0.2, 0.25) is 0 Å². The van der Waals surface area contributed by atoms with E-state index < -0.39 is 0 Å². The molecule has 0 aromatic carbocycles. The molecule has 2 aliphatic carbocycles. The van der Waals surface area contributed by atoms with Crippen LogP contribution in [-0.2, 0) is 4.74 Å². The molecular weight excluding hydrogens is 254 g/mol. The molecule has 0 N–H and O–H groups in total. The zero-order chi connectivity index (χ0) is 10.3. The summed E-state index contributed by atoms with van der Waals surface area (Å²) >= 11 is 3.63. The average molecular weight is 274 g/mol. The second kappa shape index (κ2) is 4.34. The molecule has 3 aliphatic rings. The Hall–Kier alpha value is 0.400. The fourth-order valence-electron chi connectivity index (χ4n) is 3.85. The van der Waals surface area contributed by atoms with Crippen molar-refractivity contribution in [3.63, 3.8) is 0 Å². The standard InChI is InChI=1S/C12H20BrNO/c13-7-11-8-15-4-3-14(11)12-6-9-1-2-10(12)5-9/h9-12H,1-8H2. The van der Waals surface area contributed by atoms with Crippen LogP contribution in [0.5, 0.6) is 0 Å². The van der Waals surface area contributed by atoms with E-state index in [1.165, 1.54) is 25.7 Å². The first-order valence-corrected chi connectivity index (χ1v) is 7.40. The molecule has 3 fully saturated rings. The van der Waals surface area contributed by atoms with E-state index in [-0.39, 0.29) is 0 Å². The van der Waals surface area contributed by atoms with Gasteiger partial charge >= 0.3 is 0 Å². The number of fused-ring (bicyclic) bond motifs is 2. The minimum absolute atomic E-state index is 0.628. The molecule has 86 valence electrons. The predicted octanol–water partition coefficient (Wildman–Crippen LogP) is 2.27. The van der Waals surface area contributed by atoms with Crippen molar-refractivity contribution >= 4 is 15.9 Å². The van der Waals surface area contributed by atoms with Crippen molar-refractivity contribution in [1.29, 1.82) is 0 Å². The minimum Gasteiger partial charge on any atom is -0.378 e. The van der Waals surface area contributed by atoms with Crippen LogP contribution in [0.1, 0.15) is 25.7 Å². The number of ether oxygens (including phenoxy) is 1. The van der Waals surface area contributed by atoms with Crippen LogP contribution in [0.15, 0.2) is 0 Å². The van der Waals surface area contributed by atoms with Crippen molar-refractivity contribution in [1.82, 2.24) is 4.90 Å². The van der Waals surface area contributed by atoms with E-state index in [4.69, 9.17) is 4.74 Å². The van der Waals surface area contributed by atoms with Gasteiger partial charge in [-0.15, -0.1) is 0 Å². The summed E-state index contributed by atoms with van der Waals surface area (Å²) in [6.45, 7) is 3.03. The van der Waals surface area contributed by atoms with E-state index in [1.807, 2.05) is 0 Å². The molecule has 0 aromatic heterocycles. The highest BCUT2D eigenvalue weighted by molar-refractivity contribution is 9.09. The smallest absolute Gasteiger partial charge is 0.0630 e. The molecule has 4 unspecified atom stereocenters. The van der Waals surface area contributed by atoms with E-state index in [1.54, 1.807) is 0 Å². The van der Waals surface area contributed by atoms with Crippen LogP contribution in [0.4, 0.5) is 0 Å². The number of halogens is 1. The molecule has 2 saturated carbocycles. The molecule has 2 bridgehead atoms. The van der Waals surface area contributed by atoms with Gasteiger partial charge in [-0.3, -0.25) is 4.90 Å². The third-order valence-electron chi connectivity index (χ3n) is 4.58. The van der Waals surface area contributed by atoms with Crippen LogP contribution < -0.4 is 0 Å². The lowest BCUT2D eigenvalue weighted by atomic mass is 9.93. The van der Waals surface area contributed by atoms with Crippen LogP contribution in [0.3, 0.4) is 0 Å². The summed E-state index contributed by atoms with van der Waals surface area (Å²) in [5.74, 6) is 2.06. The molecule has 0 amide bonds. The number of alkyl halides is 1. The van der Waals surface area contributed by atoms with Gasteiger partial charge in [-0.1, -0.05) is 22.4 Å². The topological polar surface area (TPSA) is 12.5 Å². The molecule has 3 heteroatoms. The Bertz CT molecular complexity index is 236. The van der Waals surface area contributed by atoms with Gasteiger partial charge in [0.05, 0.1) is 13.2 Å². The quantitative estimate of drug-likeness (QED) is 0.716. The largest absolute Gasteiger partial charge is 0.378 e. The summed E-state index contributed by atoms with van der Waals surface area (Å²) < 4.78 is 5.57. The molecule has 1 heterocycles. The van der Waals surface area contributed by atoms with Gasteiger partial charge in [0.15, 0.2) is 0 Å². The van der Waals surface area contributed by atoms with E-state index in [0.29, 0.717) is 6.04 Å². The normalized spacial score (nSPS) is 46.2. The van der Waals surface area contributed by atoms with Gasteiger partial charge in [-0.25, -0.2) is 0 Å². The van der Waals surface area contributed by atoms with Crippen LogP contribution in [0.2, 0.25) is 0 Å². The summed E-state index contributed by atoms with van der Waals surface area (Å²) in [6, 6.07) is 1.51. The number of rotatable bonds is 2. The van der Waals surface area contributed by atoms with Crippen LogP contribution in [0.25, 0.3) is 0 Å². The number of hydrogen-bond donors (Lipinski definition) is 0. The van der Waals surface area contributed by atoms with Gasteiger partial charge in [-0.05, 0) is 31.1 Å². The first-order valence-electron chi connectivity index (χ1n) is 6.28. The minimum atomic E-state index is 0.628.